The minimum Gasteiger partial charge on any atom is -0.748 e. The van der Waals surface area contributed by atoms with Gasteiger partial charge in [-0.25, -0.2) is 18.0 Å². The normalized spacial score (nSPS) is 11.1. The van der Waals surface area contributed by atoms with E-state index in [4.69, 9.17) is 9.47 Å². The molecule has 0 aliphatic carbocycles. The largest absolute Gasteiger partial charge is 1.00 e. The Balaban J connectivity index is 0.0000130. The minimum atomic E-state index is -4.35. The quantitative estimate of drug-likeness (QED) is 0.0912. The van der Waals surface area contributed by atoms with Gasteiger partial charge in [-0.2, -0.15) is 0 Å². The Hall–Kier alpha value is -0.294. The first-order valence-electron chi connectivity index (χ1n) is 13.7. The van der Waals surface area contributed by atoms with E-state index >= 15 is 0 Å². The molecule has 0 aliphatic heterocycles. The molecule has 206 valence electrons. The fraction of sp³-hybridized carbons (Fsp3) is 0.714. The molecule has 0 radical (unpaired) electrons. The van der Waals surface area contributed by atoms with Gasteiger partial charge >= 0.3 is 63.3 Å². The van der Waals surface area contributed by atoms with Crippen LogP contribution in [0, 0.1) is 0 Å². The summed E-state index contributed by atoms with van der Waals surface area (Å²) in [5.41, 5.74) is 0.170. The van der Waals surface area contributed by atoms with Crippen LogP contribution in [-0.4, -0.2) is 43.9 Å². The van der Waals surface area contributed by atoms with Gasteiger partial charge in [0.1, 0.15) is 0 Å². The van der Waals surface area contributed by atoms with Crippen LogP contribution in [0.25, 0.3) is 0 Å². The SMILES string of the molecule is CCCCCCCCCCCCCCCCCOC(=O)c1ccccc1C(=O)OCCCS(=O)(=O)[O-].[K+]. The van der Waals surface area contributed by atoms with Crippen LogP contribution in [0.4, 0.5) is 0 Å². The van der Waals surface area contributed by atoms with E-state index in [-0.39, 0.29) is 75.5 Å². The Kier molecular flexibility index (Phi) is 23.4. The van der Waals surface area contributed by atoms with E-state index in [1.807, 2.05) is 0 Å². The van der Waals surface area contributed by atoms with E-state index in [1.54, 1.807) is 12.1 Å². The van der Waals surface area contributed by atoms with Gasteiger partial charge in [0.2, 0.25) is 0 Å². The molecule has 1 aromatic rings. The topological polar surface area (TPSA) is 110 Å². The fourth-order valence-electron chi connectivity index (χ4n) is 4.03. The number of hydrogen-bond acceptors (Lipinski definition) is 7. The molecular formula is C28H45KO7S. The molecule has 0 spiro atoms. The Labute approximate surface area is 267 Å². The number of esters is 2. The molecule has 9 heteroatoms. The molecule has 0 saturated heterocycles. The van der Waals surface area contributed by atoms with Gasteiger partial charge in [0, 0.05) is 5.75 Å². The first-order chi connectivity index (χ1) is 17.3. The van der Waals surface area contributed by atoms with Crippen LogP contribution in [0.1, 0.15) is 130 Å². The van der Waals surface area contributed by atoms with Crippen molar-refractivity contribution in [3.8, 4) is 0 Å². The molecule has 0 unspecified atom stereocenters. The summed E-state index contributed by atoms with van der Waals surface area (Å²) in [5, 5.41) is 0. The minimum absolute atomic E-state index is 0. The van der Waals surface area contributed by atoms with E-state index in [0.717, 1.165) is 19.3 Å². The number of benzene rings is 1. The molecule has 1 aromatic carbocycles. The number of carbonyl (C=O) groups excluding carboxylic acids is 2. The number of unbranched alkanes of at least 4 members (excludes halogenated alkanes) is 14. The molecule has 0 N–H and O–H groups in total. The van der Waals surface area contributed by atoms with Crippen LogP contribution in [0.2, 0.25) is 0 Å². The summed E-state index contributed by atoms with van der Waals surface area (Å²) in [4.78, 5) is 24.7. The van der Waals surface area contributed by atoms with E-state index in [2.05, 4.69) is 6.92 Å². The summed E-state index contributed by atoms with van der Waals surface area (Å²) in [6, 6.07) is 6.18. The summed E-state index contributed by atoms with van der Waals surface area (Å²) in [6.45, 7) is 2.33. The fourth-order valence-corrected chi connectivity index (χ4v) is 4.50. The predicted octanol–water partition coefficient (Wildman–Crippen LogP) is 3.81. The van der Waals surface area contributed by atoms with Crippen molar-refractivity contribution in [1.29, 1.82) is 0 Å². The second-order valence-corrected chi connectivity index (χ2v) is 10.9. The zero-order valence-corrected chi connectivity index (χ0v) is 27.0. The van der Waals surface area contributed by atoms with Gasteiger partial charge in [0.05, 0.1) is 34.5 Å². The average Bonchev–Trinajstić information content (AvgIpc) is 2.85. The summed E-state index contributed by atoms with van der Waals surface area (Å²) < 4.78 is 42.2. The van der Waals surface area contributed by atoms with Gasteiger partial charge in [-0.1, -0.05) is 109 Å². The van der Waals surface area contributed by atoms with Crippen molar-refractivity contribution < 1.29 is 83.4 Å². The second-order valence-electron chi connectivity index (χ2n) is 9.38. The van der Waals surface area contributed by atoms with Crippen LogP contribution < -0.4 is 51.4 Å². The molecule has 0 fully saturated rings. The number of ether oxygens (including phenoxy) is 2. The first-order valence-corrected chi connectivity index (χ1v) is 15.3. The molecule has 0 atom stereocenters. The maximum Gasteiger partial charge on any atom is 1.00 e. The molecule has 0 saturated carbocycles. The third-order valence-electron chi connectivity index (χ3n) is 6.12. The van der Waals surface area contributed by atoms with Crippen LogP contribution >= 0.6 is 0 Å². The van der Waals surface area contributed by atoms with Gasteiger partial charge in [0.15, 0.2) is 0 Å². The van der Waals surface area contributed by atoms with Crippen LogP contribution in [0.5, 0.6) is 0 Å². The van der Waals surface area contributed by atoms with Crippen molar-refractivity contribution in [3.05, 3.63) is 35.4 Å². The third-order valence-corrected chi connectivity index (χ3v) is 6.91. The van der Waals surface area contributed by atoms with Crippen LogP contribution in [0.3, 0.4) is 0 Å². The number of carbonyl (C=O) groups is 2. The zero-order valence-electron chi connectivity index (χ0n) is 23.0. The maximum absolute atomic E-state index is 12.4. The summed E-state index contributed by atoms with van der Waals surface area (Å²) >= 11 is 0. The molecular weight excluding hydrogens is 519 g/mol. The standard InChI is InChI=1S/C28H46O7S.K/c1-2-3-4-5-6-7-8-9-10-11-12-13-14-15-18-22-34-27(29)25-20-16-17-21-26(25)28(30)35-23-19-24-36(31,32)33;/h16-17,20-21H,2-15,18-19,22-24H2,1H3,(H,31,32,33);/q;+1/p-1. The molecule has 37 heavy (non-hydrogen) atoms. The molecule has 0 aromatic heterocycles. The predicted molar refractivity (Wildman–Crippen MR) is 141 cm³/mol. The van der Waals surface area contributed by atoms with Crippen molar-refractivity contribution in [2.45, 2.75) is 110 Å². The van der Waals surface area contributed by atoms with Gasteiger partial charge < -0.3 is 14.0 Å². The van der Waals surface area contributed by atoms with Crippen molar-refractivity contribution in [2.24, 2.45) is 0 Å². The van der Waals surface area contributed by atoms with Gasteiger partial charge in [-0.05, 0) is 25.0 Å². The average molecular weight is 565 g/mol. The van der Waals surface area contributed by atoms with E-state index in [0.29, 0.717) is 6.61 Å². The Morgan fingerprint density at radius 2 is 1.00 bits per heavy atom. The summed E-state index contributed by atoms with van der Waals surface area (Å²) in [6.07, 6.45) is 18.8. The van der Waals surface area contributed by atoms with Crippen molar-refractivity contribution >= 4 is 22.1 Å². The van der Waals surface area contributed by atoms with E-state index < -0.39 is 27.8 Å². The Morgan fingerprint density at radius 1 is 0.649 bits per heavy atom. The first kappa shape index (κ1) is 36.7. The summed E-state index contributed by atoms with van der Waals surface area (Å²) in [7, 11) is -4.35. The Morgan fingerprint density at radius 3 is 1.38 bits per heavy atom. The molecule has 1 rings (SSSR count). The second kappa shape index (κ2) is 23.6. The van der Waals surface area contributed by atoms with Gasteiger partial charge in [-0.15, -0.1) is 0 Å². The molecule has 0 bridgehead atoms. The number of hydrogen-bond donors (Lipinski definition) is 0. The Bertz CT molecular complexity index is 843. The molecule has 0 aliphatic rings. The van der Waals surface area contributed by atoms with Crippen molar-refractivity contribution in [1.82, 2.24) is 0 Å². The monoisotopic (exact) mass is 564 g/mol. The van der Waals surface area contributed by atoms with Crippen molar-refractivity contribution in [3.63, 3.8) is 0 Å². The zero-order chi connectivity index (χ0) is 26.5. The summed E-state index contributed by atoms with van der Waals surface area (Å²) in [5.74, 6) is -1.95. The van der Waals surface area contributed by atoms with Crippen molar-refractivity contribution in [2.75, 3.05) is 19.0 Å². The number of rotatable bonds is 22. The van der Waals surface area contributed by atoms with E-state index in [1.165, 1.54) is 89.2 Å². The van der Waals surface area contributed by atoms with E-state index in [9.17, 15) is 22.6 Å². The van der Waals surface area contributed by atoms with Gasteiger partial charge in [0.25, 0.3) is 0 Å². The van der Waals surface area contributed by atoms with Crippen LogP contribution in [-0.2, 0) is 19.6 Å². The third kappa shape index (κ3) is 20.3. The molecule has 0 amide bonds. The van der Waals surface area contributed by atoms with Gasteiger partial charge in [-0.3, -0.25) is 0 Å². The maximum atomic E-state index is 12.4. The molecule has 0 heterocycles. The van der Waals surface area contributed by atoms with Crippen LogP contribution in [0.15, 0.2) is 24.3 Å². The smallest absolute Gasteiger partial charge is 0.748 e. The molecule has 7 nitrogen and oxygen atoms in total.